The van der Waals surface area contributed by atoms with E-state index >= 15 is 0 Å². The Morgan fingerprint density at radius 1 is 1.26 bits per heavy atom. The lowest BCUT2D eigenvalue weighted by Gasteiger charge is -2.38. The van der Waals surface area contributed by atoms with E-state index in [0.717, 1.165) is 25.8 Å². The van der Waals surface area contributed by atoms with E-state index in [4.69, 9.17) is 17.3 Å². The normalized spacial score (nSPS) is 18.9. The Bertz CT molecular complexity index is 532. The summed E-state index contributed by atoms with van der Waals surface area (Å²) in [7, 11) is 0. The number of hydrogen-bond donors (Lipinski definition) is 1. The number of piperidine rings is 1. The summed E-state index contributed by atoms with van der Waals surface area (Å²) in [5.74, 6) is 0.00341. The van der Waals surface area contributed by atoms with Gasteiger partial charge >= 0.3 is 0 Å². The van der Waals surface area contributed by atoms with Gasteiger partial charge < -0.3 is 10.6 Å². The Kier molecular flexibility index (Phi) is 8.03. The van der Waals surface area contributed by atoms with Gasteiger partial charge in [-0.25, -0.2) is 0 Å². The SMILES string of the molecule is CC(N)C1CCCCN1C(=O)CCC(=O)c1ccc(Cl)cc1.Cl. The quantitative estimate of drug-likeness (QED) is 0.819. The van der Waals surface area contributed by atoms with Gasteiger partial charge in [0, 0.05) is 42.1 Å². The molecule has 0 bridgehead atoms. The molecule has 1 aromatic carbocycles. The van der Waals surface area contributed by atoms with Gasteiger partial charge in [0.05, 0.1) is 0 Å². The second-order valence-corrected chi connectivity index (χ2v) is 6.38. The summed E-state index contributed by atoms with van der Waals surface area (Å²) in [6.07, 6.45) is 3.54. The fourth-order valence-electron chi connectivity index (χ4n) is 2.96. The fraction of sp³-hybridized carbons (Fsp3) is 0.529. The first-order valence-electron chi connectivity index (χ1n) is 7.83. The summed E-state index contributed by atoms with van der Waals surface area (Å²) < 4.78 is 0. The van der Waals surface area contributed by atoms with Gasteiger partial charge in [-0.15, -0.1) is 12.4 Å². The maximum absolute atomic E-state index is 12.4. The van der Waals surface area contributed by atoms with Crippen molar-refractivity contribution in [2.24, 2.45) is 5.73 Å². The molecule has 1 saturated heterocycles. The molecule has 1 amide bonds. The highest BCUT2D eigenvalue weighted by atomic mass is 35.5. The van der Waals surface area contributed by atoms with Crippen LogP contribution in [0.15, 0.2) is 24.3 Å². The lowest BCUT2D eigenvalue weighted by atomic mass is 9.96. The van der Waals surface area contributed by atoms with Crippen molar-refractivity contribution in [3.05, 3.63) is 34.9 Å². The Morgan fingerprint density at radius 2 is 1.91 bits per heavy atom. The van der Waals surface area contributed by atoms with E-state index in [0.29, 0.717) is 10.6 Å². The van der Waals surface area contributed by atoms with Gasteiger partial charge in [0.2, 0.25) is 5.91 Å². The number of amides is 1. The van der Waals surface area contributed by atoms with Crippen molar-refractivity contribution in [1.82, 2.24) is 4.90 Å². The van der Waals surface area contributed by atoms with Crippen LogP contribution in [0, 0.1) is 0 Å². The minimum Gasteiger partial charge on any atom is -0.338 e. The predicted molar refractivity (Wildman–Crippen MR) is 95.3 cm³/mol. The minimum absolute atomic E-state index is 0. The molecule has 128 valence electrons. The summed E-state index contributed by atoms with van der Waals surface area (Å²) in [5, 5.41) is 0.598. The second-order valence-electron chi connectivity index (χ2n) is 5.94. The number of halogens is 2. The number of carbonyl (C=O) groups is 2. The van der Waals surface area contributed by atoms with Crippen LogP contribution < -0.4 is 5.73 Å². The van der Waals surface area contributed by atoms with Crippen LogP contribution in [0.25, 0.3) is 0 Å². The Morgan fingerprint density at radius 3 is 2.52 bits per heavy atom. The first-order chi connectivity index (χ1) is 10.5. The molecule has 6 heteroatoms. The topological polar surface area (TPSA) is 63.4 Å². The van der Waals surface area contributed by atoms with Crippen LogP contribution in [0.1, 0.15) is 49.4 Å². The summed E-state index contributed by atoms with van der Waals surface area (Å²) >= 11 is 5.81. The molecule has 2 N–H and O–H groups in total. The van der Waals surface area contributed by atoms with Crippen molar-refractivity contribution in [1.29, 1.82) is 0 Å². The molecule has 1 aromatic rings. The van der Waals surface area contributed by atoms with Crippen LogP contribution >= 0.6 is 24.0 Å². The van der Waals surface area contributed by atoms with E-state index < -0.39 is 0 Å². The van der Waals surface area contributed by atoms with Crippen molar-refractivity contribution in [2.75, 3.05) is 6.54 Å². The molecule has 0 aliphatic carbocycles. The van der Waals surface area contributed by atoms with E-state index in [1.165, 1.54) is 0 Å². The third kappa shape index (κ3) is 5.48. The van der Waals surface area contributed by atoms with Crippen LogP contribution in [-0.2, 0) is 4.79 Å². The summed E-state index contributed by atoms with van der Waals surface area (Å²) in [4.78, 5) is 26.4. The first-order valence-corrected chi connectivity index (χ1v) is 8.20. The second kappa shape index (κ2) is 9.26. The maximum atomic E-state index is 12.4. The summed E-state index contributed by atoms with van der Waals surface area (Å²) in [5.41, 5.74) is 6.58. The Hall–Kier alpha value is -1.10. The highest BCUT2D eigenvalue weighted by Crippen LogP contribution is 2.21. The molecule has 2 unspecified atom stereocenters. The minimum atomic E-state index is -0.0313. The fourth-order valence-corrected chi connectivity index (χ4v) is 3.08. The number of benzene rings is 1. The predicted octanol–water partition coefficient (Wildman–Crippen LogP) is 3.45. The van der Waals surface area contributed by atoms with E-state index in [1.54, 1.807) is 24.3 Å². The molecule has 0 radical (unpaired) electrons. The molecule has 23 heavy (non-hydrogen) atoms. The van der Waals surface area contributed by atoms with E-state index in [-0.39, 0.29) is 49.0 Å². The number of Topliss-reactive ketones (excluding diaryl/α,β-unsaturated/α-hetero) is 1. The monoisotopic (exact) mass is 358 g/mol. The van der Waals surface area contributed by atoms with Crippen LogP contribution in [0.4, 0.5) is 0 Å². The third-order valence-corrected chi connectivity index (χ3v) is 4.46. The van der Waals surface area contributed by atoms with Gasteiger partial charge in [0.15, 0.2) is 5.78 Å². The highest BCUT2D eigenvalue weighted by Gasteiger charge is 2.29. The highest BCUT2D eigenvalue weighted by molar-refractivity contribution is 6.30. The van der Waals surface area contributed by atoms with E-state index in [9.17, 15) is 9.59 Å². The van der Waals surface area contributed by atoms with Crippen LogP contribution in [0.2, 0.25) is 5.02 Å². The average Bonchev–Trinajstić information content (AvgIpc) is 2.53. The molecule has 0 aromatic heterocycles. The standard InChI is InChI=1S/C17H23ClN2O2.ClH/c1-12(19)15-4-2-3-11-20(15)17(22)10-9-16(21)13-5-7-14(18)8-6-13;/h5-8,12,15H,2-4,9-11,19H2,1H3;1H. The molecule has 2 atom stereocenters. The van der Waals surface area contributed by atoms with Crippen molar-refractivity contribution in [3.63, 3.8) is 0 Å². The summed E-state index contributed by atoms with van der Waals surface area (Å²) in [6.45, 7) is 2.69. The van der Waals surface area contributed by atoms with Crippen molar-refractivity contribution in [3.8, 4) is 0 Å². The van der Waals surface area contributed by atoms with Crippen molar-refractivity contribution in [2.45, 2.75) is 51.1 Å². The van der Waals surface area contributed by atoms with Crippen molar-refractivity contribution < 1.29 is 9.59 Å². The number of hydrogen-bond acceptors (Lipinski definition) is 3. The molecular formula is C17H24Cl2N2O2. The number of rotatable bonds is 5. The van der Waals surface area contributed by atoms with Gasteiger partial charge in [-0.05, 0) is 50.5 Å². The van der Waals surface area contributed by atoms with Crippen LogP contribution in [0.5, 0.6) is 0 Å². The molecule has 0 spiro atoms. The van der Waals surface area contributed by atoms with Gasteiger partial charge in [-0.1, -0.05) is 11.6 Å². The van der Waals surface area contributed by atoms with Gasteiger partial charge in [0.1, 0.15) is 0 Å². The van der Waals surface area contributed by atoms with Gasteiger partial charge in [0.25, 0.3) is 0 Å². The molecule has 2 rings (SSSR count). The number of nitrogens with zero attached hydrogens (tertiary/aromatic N) is 1. The molecule has 4 nitrogen and oxygen atoms in total. The van der Waals surface area contributed by atoms with Crippen LogP contribution in [-0.4, -0.2) is 35.2 Å². The molecule has 1 heterocycles. The third-order valence-electron chi connectivity index (χ3n) is 4.21. The number of carbonyl (C=O) groups excluding carboxylic acids is 2. The lowest BCUT2D eigenvalue weighted by molar-refractivity contribution is -0.135. The molecule has 1 aliphatic rings. The number of likely N-dealkylation sites (tertiary alicyclic amines) is 1. The maximum Gasteiger partial charge on any atom is 0.223 e. The number of ketones is 1. The Labute approximate surface area is 148 Å². The van der Waals surface area contributed by atoms with Crippen molar-refractivity contribution >= 4 is 35.7 Å². The zero-order valence-electron chi connectivity index (χ0n) is 13.3. The molecule has 1 aliphatic heterocycles. The summed E-state index contributed by atoms with van der Waals surface area (Å²) in [6, 6.07) is 6.84. The zero-order chi connectivity index (χ0) is 16.1. The molecule has 0 saturated carbocycles. The van der Waals surface area contributed by atoms with E-state index in [2.05, 4.69) is 0 Å². The van der Waals surface area contributed by atoms with Crippen LogP contribution in [0.3, 0.4) is 0 Å². The molecule has 1 fully saturated rings. The zero-order valence-corrected chi connectivity index (χ0v) is 14.9. The largest absolute Gasteiger partial charge is 0.338 e. The van der Waals surface area contributed by atoms with Gasteiger partial charge in [-0.2, -0.15) is 0 Å². The van der Waals surface area contributed by atoms with E-state index in [1.807, 2.05) is 11.8 Å². The Balaban J connectivity index is 0.00000264. The van der Waals surface area contributed by atoms with Gasteiger partial charge in [-0.3, -0.25) is 9.59 Å². The number of nitrogens with two attached hydrogens (primary N) is 1. The smallest absolute Gasteiger partial charge is 0.223 e. The molecular weight excluding hydrogens is 335 g/mol. The first kappa shape index (κ1) is 19.9. The average molecular weight is 359 g/mol. The lowest BCUT2D eigenvalue weighted by Crippen LogP contribution is -2.51.